The third-order valence-corrected chi connectivity index (χ3v) is 3.48. The number of rotatable bonds is 4. The highest BCUT2D eigenvalue weighted by molar-refractivity contribution is 6.06. The molecule has 0 aliphatic heterocycles. The summed E-state index contributed by atoms with van der Waals surface area (Å²) in [4.78, 5) is 12.3. The highest BCUT2D eigenvalue weighted by Crippen LogP contribution is 2.22. The van der Waals surface area contributed by atoms with Crippen LogP contribution in [0.2, 0.25) is 0 Å². The van der Waals surface area contributed by atoms with Crippen molar-refractivity contribution in [2.45, 2.75) is 26.9 Å². The van der Waals surface area contributed by atoms with Crippen LogP contribution in [0.3, 0.4) is 0 Å². The summed E-state index contributed by atoms with van der Waals surface area (Å²) in [6.07, 6.45) is 1.22. The maximum Gasteiger partial charge on any atom is 0.251 e. The molecule has 2 aromatic rings. The second kappa shape index (κ2) is 7.05. The molecule has 0 fully saturated rings. The van der Waals surface area contributed by atoms with Gasteiger partial charge in [-0.15, -0.1) is 0 Å². The minimum Gasteiger partial charge on any atom is -0.389 e. The highest BCUT2D eigenvalue weighted by atomic mass is 16.3. The first kappa shape index (κ1) is 16.0. The Kier molecular flexibility index (Phi) is 5.12. The lowest BCUT2D eigenvalue weighted by Crippen LogP contribution is -2.14. The molecule has 0 saturated heterocycles. The van der Waals surface area contributed by atoms with Gasteiger partial charge in [-0.25, -0.2) is 0 Å². The molecule has 0 saturated carbocycles. The second-order valence-electron chi connectivity index (χ2n) is 5.46. The smallest absolute Gasteiger partial charge is 0.251 e. The number of para-hydroxylation sites is 1. The molecule has 1 unspecified atom stereocenters. The molecule has 114 valence electrons. The van der Waals surface area contributed by atoms with Crippen molar-refractivity contribution in [3.63, 3.8) is 0 Å². The van der Waals surface area contributed by atoms with E-state index >= 15 is 0 Å². The minimum absolute atomic E-state index is 0.173. The molecule has 0 bridgehead atoms. The van der Waals surface area contributed by atoms with Crippen molar-refractivity contribution in [3.8, 4) is 0 Å². The van der Waals surface area contributed by atoms with Crippen LogP contribution in [0.25, 0.3) is 6.08 Å². The van der Waals surface area contributed by atoms with Gasteiger partial charge in [-0.3, -0.25) is 4.79 Å². The Morgan fingerprint density at radius 1 is 1.14 bits per heavy atom. The number of hydrogen-bond acceptors (Lipinski definition) is 2. The lowest BCUT2D eigenvalue weighted by molar-refractivity contribution is -0.112. The average molecular weight is 295 g/mol. The molecule has 0 aliphatic rings. The van der Waals surface area contributed by atoms with Gasteiger partial charge in [0.25, 0.3) is 5.91 Å². The van der Waals surface area contributed by atoms with Crippen molar-refractivity contribution < 1.29 is 9.90 Å². The molecule has 0 radical (unpaired) electrons. The summed E-state index contributed by atoms with van der Waals surface area (Å²) < 4.78 is 0. The van der Waals surface area contributed by atoms with Gasteiger partial charge in [0.05, 0.1) is 6.10 Å². The summed E-state index contributed by atoms with van der Waals surface area (Å²) in [5, 5.41) is 12.6. The first-order chi connectivity index (χ1) is 10.5. The predicted octanol–water partition coefficient (Wildman–Crippen LogP) is 4.09. The normalized spacial score (nSPS) is 12.8. The largest absolute Gasteiger partial charge is 0.389 e. The first-order valence-electron chi connectivity index (χ1n) is 7.30. The summed E-state index contributed by atoms with van der Waals surface area (Å²) in [5.74, 6) is -0.173. The Hall–Kier alpha value is -2.39. The average Bonchev–Trinajstić information content (AvgIpc) is 2.49. The Morgan fingerprint density at radius 2 is 1.77 bits per heavy atom. The van der Waals surface area contributed by atoms with Crippen molar-refractivity contribution in [1.29, 1.82) is 0 Å². The van der Waals surface area contributed by atoms with E-state index in [0.717, 1.165) is 5.56 Å². The van der Waals surface area contributed by atoms with Crippen molar-refractivity contribution in [1.82, 2.24) is 0 Å². The Morgan fingerprint density at radius 3 is 2.41 bits per heavy atom. The van der Waals surface area contributed by atoms with E-state index in [1.165, 1.54) is 5.56 Å². The van der Waals surface area contributed by atoms with Gasteiger partial charge in [0, 0.05) is 16.8 Å². The van der Waals surface area contributed by atoms with Crippen molar-refractivity contribution in [2.24, 2.45) is 0 Å². The van der Waals surface area contributed by atoms with Crippen LogP contribution in [-0.2, 0) is 4.79 Å². The maximum absolute atomic E-state index is 12.3. The van der Waals surface area contributed by atoms with E-state index in [0.29, 0.717) is 16.8 Å². The zero-order valence-electron chi connectivity index (χ0n) is 13.1. The van der Waals surface area contributed by atoms with Gasteiger partial charge in [0.2, 0.25) is 0 Å². The Balaban J connectivity index is 2.17. The summed E-state index contributed by atoms with van der Waals surface area (Å²) in [7, 11) is 0. The van der Waals surface area contributed by atoms with E-state index in [1.807, 2.05) is 49.4 Å². The quantitative estimate of drug-likeness (QED) is 0.835. The van der Waals surface area contributed by atoms with E-state index in [1.54, 1.807) is 26.0 Å². The third kappa shape index (κ3) is 4.06. The molecule has 1 amide bonds. The maximum atomic E-state index is 12.3. The monoisotopic (exact) mass is 295 g/mol. The fraction of sp³-hybridized carbons (Fsp3) is 0.211. The van der Waals surface area contributed by atoms with Crippen molar-refractivity contribution in [2.75, 3.05) is 5.32 Å². The lowest BCUT2D eigenvalue weighted by Gasteiger charge is -2.13. The SMILES string of the molecule is C/C(=C\c1ccc(C)cc1)C(=O)Nc1ccccc1C(C)O. The van der Waals surface area contributed by atoms with Gasteiger partial charge in [-0.05, 0) is 38.5 Å². The Bertz CT molecular complexity index is 685. The van der Waals surface area contributed by atoms with Crippen LogP contribution < -0.4 is 5.32 Å². The lowest BCUT2D eigenvalue weighted by atomic mass is 10.1. The third-order valence-electron chi connectivity index (χ3n) is 3.48. The number of aryl methyl sites for hydroxylation is 1. The number of benzene rings is 2. The summed E-state index contributed by atoms with van der Waals surface area (Å²) in [6, 6.07) is 15.3. The number of hydrogen-bond donors (Lipinski definition) is 2. The van der Waals surface area contributed by atoms with Gasteiger partial charge < -0.3 is 10.4 Å². The Labute approximate surface area is 131 Å². The van der Waals surface area contributed by atoms with Crippen LogP contribution >= 0.6 is 0 Å². The zero-order chi connectivity index (χ0) is 16.1. The van der Waals surface area contributed by atoms with Gasteiger partial charge in [-0.2, -0.15) is 0 Å². The molecule has 0 aromatic heterocycles. The van der Waals surface area contributed by atoms with E-state index < -0.39 is 6.10 Å². The molecule has 0 spiro atoms. The number of nitrogens with one attached hydrogen (secondary N) is 1. The number of carbonyl (C=O) groups excluding carboxylic acids is 1. The molecule has 3 nitrogen and oxygen atoms in total. The number of aliphatic hydroxyl groups excluding tert-OH is 1. The van der Waals surface area contributed by atoms with Crippen LogP contribution in [0.4, 0.5) is 5.69 Å². The van der Waals surface area contributed by atoms with Crippen LogP contribution in [-0.4, -0.2) is 11.0 Å². The number of carbonyl (C=O) groups is 1. The zero-order valence-corrected chi connectivity index (χ0v) is 13.1. The molecular formula is C19H21NO2. The molecule has 1 atom stereocenters. The molecule has 22 heavy (non-hydrogen) atoms. The topological polar surface area (TPSA) is 49.3 Å². The first-order valence-corrected chi connectivity index (χ1v) is 7.30. The standard InChI is InChI=1S/C19H21NO2/c1-13-8-10-16(11-9-13)12-14(2)19(22)20-18-7-5-4-6-17(18)15(3)21/h4-12,15,21H,1-3H3,(H,20,22)/b14-12+. The molecule has 2 rings (SSSR count). The predicted molar refractivity (Wildman–Crippen MR) is 90.5 cm³/mol. The van der Waals surface area contributed by atoms with E-state index in [9.17, 15) is 9.90 Å². The summed E-state index contributed by atoms with van der Waals surface area (Å²) in [5.41, 5.74) is 4.13. The van der Waals surface area contributed by atoms with Crippen molar-refractivity contribution in [3.05, 3.63) is 70.8 Å². The minimum atomic E-state index is -0.627. The van der Waals surface area contributed by atoms with E-state index in [-0.39, 0.29) is 5.91 Å². The number of amides is 1. The van der Waals surface area contributed by atoms with Gasteiger partial charge in [0.1, 0.15) is 0 Å². The number of anilines is 1. The van der Waals surface area contributed by atoms with Crippen LogP contribution in [0.5, 0.6) is 0 Å². The van der Waals surface area contributed by atoms with E-state index in [2.05, 4.69) is 5.32 Å². The highest BCUT2D eigenvalue weighted by Gasteiger charge is 2.11. The molecule has 0 heterocycles. The molecule has 2 N–H and O–H groups in total. The van der Waals surface area contributed by atoms with E-state index in [4.69, 9.17) is 0 Å². The van der Waals surface area contributed by atoms with Crippen LogP contribution in [0, 0.1) is 6.92 Å². The number of aliphatic hydroxyl groups is 1. The van der Waals surface area contributed by atoms with Gasteiger partial charge in [0.15, 0.2) is 0 Å². The second-order valence-corrected chi connectivity index (χ2v) is 5.46. The molecule has 2 aromatic carbocycles. The van der Waals surface area contributed by atoms with Crippen molar-refractivity contribution >= 4 is 17.7 Å². The van der Waals surface area contributed by atoms with Crippen LogP contribution in [0.15, 0.2) is 54.1 Å². The fourth-order valence-electron chi connectivity index (χ4n) is 2.17. The molecule has 3 heteroatoms. The van der Waals surface area contributed by atoms with Gasteiger partial charge in [-0.1, -0.05) is 48.0 Å². The molecular weight excluding hydrogens is 274 g/mol. The summed E-state index contributed by atoms with van der Waals surface area (Å²) in [6.45, 7) is 5.49. The van der Waals surface area contributed by atoms with Gasteiger partial charge >= 0.3 is 0 Å². The summed E-state index contributed by atoms with van der Waals surface area (Å²) >= 11 is 0. The molecule has 0 aliphatic carbocycles. The van der Waals surface area contributed by atoms with Crippen LogP contribution in [0.1, 0.15) is 36.6 Å². The fourth-order valence-corrected chi connectivity index (χ4v) is 2.17.